The van der Waals surface area contributed by atoms with Crippen LogP contribution in [-0.2, 0) is 26.4 Å². The van der Waals surface area contributed by atoms with Gasteiger partial charge in [0.25, 0.3) is 10.0 Å². The van der Waals surface area contributed by atoms with E-state index in [0.717, 1.165) is 4.57 Å². The Bertz CT molecular complexity index is 1980. The number of rotatable bonds is 9. The third kappa shape index (κ3) is 7.84. The van der Waals surface area contributed by atoms with Crippen molar-refractivity contribution in [2.24, 2.45) is 0 Å². The third-order valence-corrected chi connectivity index (χ3v) is 10.2. The number of methoxy groups -OCH3 is 1. The number of nitrogens with one attached hydrogen (secondary N) is 3. The standard InChI is InChI=1S/C29H30F3N5O6S2/c1-19-15-28(35-43-19)36-45(40,41)22-8-9-25(27(17-22)42-2)33-12-4-5-21-16-23-24(34-20-10-13-44(38,39)14-11-20)6-3-7-26(23)37(21)18-29(30,31)32/h3,6-9,15-17,20,33-34H,10-14,18H2,1-2H3,(H,35,36). The molecule has 4 aromatic rings. The number of alkyl halides is 3. The van der Waals surface area contributed by atoms with E-state index >= 15 is 0 Å². The van der Waals surface area contributed by atoms with E-state index in [-0.39, 0.29) is 46.2 Å². The lowest BCUT2D eigenvalue weighted by atomic mass is 10.1. The van der Waals surface area contributed by atoms with Gasteiger partial charge in [-0.15, -0.1) is 0 Å². The summed E-state index contributed by atoms with van der Waals surface area (Å²) in [5, 5.41) is 10.5. The van der Waals surface area contributed by atoms with Gasteiger partial charge in [0.1, 0.15) is 27.9 Å². The smallest absolute Gasteiger partial charge is 0.406 e. The summed E-state index contributed by atoms with van der Waals surface area (Å²) in [5.41, 5.74) is 1.50. The zero-order valence-electron chi connectivity index (χ0n) is 24.2. The van der Waals surface area contributed by atoms with Crippen LogP contribution in [0.5, 0.6) is 5.75 Å². The Balaban J connectivity index is 1.35. The molecule has 0 bridgehead atoms. The Labute approximate surface area is 258 Å². The normalized spacial score (nSPS) is 15.3. The van der Waals surface area contributed by atoms with Gasteiger partial charge in [0.2, 0.25) is 0 Å². The van der Waals surface area contributed by atoms with Gasteiger partial charge in [-0.1, -0.05) is 17.1 Å². The molecule has 0 saturated carbocycles. The molecule has 0 aliphatic carbocycles. The minimum absolute atomic E-state index is 0.00806. The fourth-order valence-corrected chi connectivity index (χ4v) is 7.48. The second-order valence-electron chi connectivity index (χ2n) is 10.5. The summed E-state index contributed by atoms with van der Waals surface area (Å²) < 4.78 is 104. The molecule has 1 aliphatic rings. The molecule has 2 aromatic carbocycles. The van der Waals surface area contributed by atoms with Gasteiger partial charge in [-0.3, -0.25) is 4.72 Å². The average Bonchev–Trinajstić information content (AvgIpc) is 3.53. The van der Waals surface area contributed by atoms with E-state index in [0.29, 0.717) is 40.9 Å². The Morgan fingerprint density at radius 1 is 1.11 bits per heavy atom. The minimum Gasteiger partial charge on any atom is -0.495 e. The molecule has 1 fully saturated rings. The van der Waals surface area contributed by atoms with E-state index in [1.54, 1.807) is 31.2 Å². The highest BCUT2D eigenvalue weighted by Crippen LogP contribution is 2.32. The zero-order valence-corrected chi connectivity index (χ0v) is 25.9. The first-order chi connectivity index (χ1) is 21.2. The number of benzene rings is 2. The van der Waals surface area contributed by atoms with Crippen molar-refractivity contribution in [3.8, 4) is 17.6 Å². The predicted molar refractivity (Wildman–Crippen MR) is 164 cm³/mol. The topological polar surface area (TPSA) is 145 Å². The van der Waals surface area contributed by atoms with Gasteiger partial charge in [-0.2, -0.15) is 13.2 Å². The molecule has 0 spiro atoms. The Morgan fingerprint density at radius 2 is 1.87 bits per heavy atom. The van der Waals surface area contributed by atoms with Crippen LogP contribution in [-0.4, -0.2) is 63.9 Å². The first-order valence-corrected chi connectivity index (χ1v) is 17.1. The summed E-state index contributed by atoms with van der Waals surface area (Å²) in [6.07, 6.45) is -3.68. The van der Waals surface area contributed by atoms with Crippen LogP contribution in [0.15, 0.2) is 57.9 Å². The molecule has 0 radical (unpaired) electrons. The summed E-state index contributed by atoms with van der Waals surface area (Å²) >= 11 is 0. The summed E-state index contributed by atoms with van der Waals surface area (Å²) in [6.45, 7) is 0.385. The van der Waals surface area contributed by atoms with Crippen LogP contribution in [0.3, 0.4) is 0 Å². The number of sulfonamides is 1. The minimum atomic E-state index is -4.50. The van der Waals surface area contributed by atoms with Gasteiger partial charge >= 0.3 is 6.18 Å². The molecule has 0 atom stereocenters. The zero-order chi connectivity index (χ0) is 32.4. The maximum Gasteiger partial charge on any atom is 0.406 e. The number of hydrogen-bond acceptors (Lipinski definition) is 9. The number of aryl methyl sites for hydroxylation is 1. The van der Waals surface area contributed by atoms with Crippen molar-refractivity contribution in [2.75, 3.05) is 40.5 Å². The second kappa shape index (κ2) is 12.6. The molecular formula is C29H30F3N5O6S2. The van der Waals surface area contributed by atoms with Crippen LogP contribution in [0.25, 0.3) is 10.9 Å². The SMILES string of the molecule is COc1cc(S(=O)(=O)Nc2cc(C)on2)ccc1NCC#Cc1cc2c(NC3CCS(=O)(=O)CC3)cccc2n1CC(F)(F)F. The van der Waals surface area contributed by atoms with Crippen molar-refractivity contribution >= 4 is 48.0 Å². The molecule has 1 saturated heterocycles. The van der Waals surface area contributed by atoms with Crippen LogP contribution in [0, 0.1) is 18.8 Å². The van der Waals surface area contributed by atoms with Gasteiger partial charge in [0.05, 0.1) is 47.0 Å². The number of anilines is 3. The molecule has 3 N–H and O–H groups in total. The summed E-state index contributed by atoms with van der Waals surface area (Å²) in [4.78, 5) is -0.0902. The number of nitrogens with zero attached hydrogens (tertiary/aromatic N) is 2. The van der Waals surface area contributed by atoms with E-state index < -0.39 is 32.6 Å². The van der Waals surface area contributed by atoms with Gasteiger partial charge in [-0.05, 0) is 56.0 Å². The second-order valence-corrected chi connectivity index (χ2v) is 14.5. The number of fused-ring (bicyclic) bond motifs is 1. The van der Waals surface area contributed by atoms with Crippen LogP contribution < -0.4 is 20.1 Å². The number of hydrogen-bond donors (Lipinski definition) is 3. The molecule has 240 valence electrons. The van der Waals surface area contributed by atoms with Crippen molar-refractivity contribution in [1.82, 2.24) is 9.72 Å². The number of halogens is 3. The van der Waals surface area contributed by atoms with E-state index in [9.17, 15) is 30.0 Å². The maximum atomic E-state index is 13.6. The maximum absolute atomic E-state index is 13.6. The molecule has 3 heterocycles. The highest BCUT2D eigenvalue weighted by atomic mass is 32.2. The lowest BCUT2D eigenvalue weighted by molar-refractivity contribution is -0.140. The molecule has 11 nitrogen and oxygen atoms in total. The lowest BCUT2D eigenvalue weighted by Crippen LogP contribution is -2.32. The number of sulfone groups is 1. The fraction of sp³-hybridized carbons (Fsp3) is 0.345. The summed E-state index contributed by atoms with van der Waals surface area (Å²) in [6, 6.07) is 12.0. The molecule has 0 amide bonds. The van der Waals surface area contributed by atoms with Crippen molar-refractivity contribution < 1.29 is 39.3 Å². The van der Waals surface area contributed by atoms with E-state index in [1.807, 2.05) is 0 Å². The molecular weight excluding hydrogens is 635 g/mol. The molecule has 2 aromatic heterocycles. The molecule has 0 unspecified atom stereocenters. The van der Waals surface area contributed by atoms with Gasteiger partial charge in [0, 0.05) is 29.2 Å². The van der Waals surface area contributed by atoms with Gasteiger partial charge in [0.15, 0.2) is 5.82 Å². The van der Waals surface area contributed by atoms with Crippen molar-refractivity contribution in [1.29, 1.82) is 0 Å². The van der Waals surface area contributed by atoms with Gasteiger partial charge in [-0.25, -0.2) is 16.8 Å². The number of aromatic nitrogens is 2. The van der Waals surface area contributed by atoms with Crippen LogP contribution in [0.1, 0.15) is 24.3 Å². The third-order valence-electron chi connectivity index (χ3n) is 7.13. The quantitative estimate of drug-likeness (QED) is 0.216. The molecule has 45 heavy (non-hydrogen) atoms. The van der Waals surface area contributed by atoms with Crippen molar-refractivity contribution in [3.63, 3.8) is 0 Å². The molecule has 5 rings (SSSR count). The highest BCUT2D eigenvalue weighted by molar-refractivity contribution is 7.92. The van der Waals surface area contributed by atoms with Crippen LogP contribution >= 0.6 is 0 Å². The predicted octanol–water partition coefficient (Wildman–Crippen LogP) is 4.76. The largest absolute Gasteiger partial charge is 0.495 e. The summed E-state index contributed by atoms with van der Waals surface area (Å²) in [5.74, 6) is 6.43. The molecule has 1 aliphatic heterocycles. The highest BCUT2D eigenvalue weighted by Gasteiger charge is 2.30. The Kier molecular flexibility index (Phi) is 8.95. The fourth-order valence-electron chi connectivity index (χ4n) is 4.99. The summed E-state index contributed by atoms with van der Waals surface area (Å²) in [7, 11) is -5.70. The van der Waals surface area contributed by atoms with Crippen molar-refractivity contribution in [2.45, 2.75) is 43.4 Å². The van der Waals surface area contributed by atoms with Gasteiger partial charge < -0.3 is 24.5 Å². The molecule has 16 heteroatoms. The van der Waals surface area contributed by atoms with E-state index in [4.69, 9.17) is 9.26 Å². The average molecular weight is 666 g/mol. The van der Waals surface area contributed by atoms with E-state index in [1.165, 1.54) is 31.4 Å². The monoisotopic (exact) mass is 665 g/mol. The first-order valence-electron chi connectivity index (χ1n) is 13.8. The van der Waals surface area contributed by atoms with Crippen molar-refractivity contribution in [3.05, 3.63) is 60.0 Å². The lowest BCUT2D eigenvalue weighted by Gasteiger charge is -2.24. The Morgan fingerprint density at radius 3 is 2.53 bits per heavy atom. The Hall–Kier alpha value is -4.36. The van der Waals surface area contributed by atoms with Crippen LogP contribution in [0.4, 0.5) is 30.4 Å². The first kappa shape index (κ1) is 32.0. The van der Waals surface area contributed by atoms with Crippen LogP contribution in [0.2, 0.25) is 0 Å². The van der Waals surface area contributed by atoms with E-state index in [2.05, 4.69) is 32.4 Å². The number of ether oxygens (including phenoxy) is 1.